The zero-order valence-electron chi connectivity index (χ0n) is 20.3. The monoisotopic (exact) mass is 472 g/mol. The van der Waals surface area contributed by atoms with Crippen LogP contribution in [-0.2, 0) is 9.59 Å². The van der Waals surface area contributed by atoms with Gasteiger partial charge in [-0.2, -0.15) is 0 Å². The fourth-order valence-electron chi connectivity index (χ4n) is 3.45. The number of hydrogen-bond donors (Lipinski definition) is 4. The summed E-state index contributed by atoms with van der Waals surface area (Å²) in [5.74, 6) is -0.109. The minimum absolute atomic E-state index is 0.0322. The van der Waals surface area contributed by atoms with Crippen LogP contribution in [0.2, 0.25) is 0 Å². The maximum absolute atomic E-state index is 12.5. The van der Waals surface area contributed by atoms with Crippen molar-refractivity contribution in [3.05, 3.63) is 90.0 Å². The highest BCUT2D eigenvalue weighted by Crippen LogP contribution is 2.16. The third-order valence-electron chi connectivity index (χ3n) is 5.29. The van der Waals surface area contributed by atoms with Crippen molar-refractivity contribution in [2.75, 3.05) is 22.5 Å². The summed E-state index contributed by atoms with van der Waals surface area (Å²) in [5.41, 5.74) is 3.64. The van der Waals surface area contributed by atoms with Gasteiger partial charge in [0.25, 0.3) is 5.91 Å². The SMILES string of the molecule is CC(C)CC(=O)Nc1ccc(NC(=O)CNc2ccc(C(=O)NC(C)c3ccccc3)cc2)cc1. The van der Waals surface area contributed by atoms with Gasteiger partial charge in [-0.15, -0.1) is 0 Å². The first-order valence-electron chi connectivity index (χ1n) is 11.7. The van der Waals surface area contributed by atoms with Crippen LogP contribution in [0.25, 0.3) is 0 Å². The lowest BCUT2D eigenvalue weighted by Crippen LogP contribution is -2.26. The topological polar surface area (TPSA) is 99.3 Å². The van der Waals surface area contributed by atoms with Crippen molar-refractivity contribution in [1.82, 2.24) is 5.32 Å². The number of anilines is 3. The summed E-state index contributed by atoms with van der Waals surface area (Å²) in [7, 11) is 0. The van der Waals surface area contributed by atoms with Crippen LogP contribution in [0.15, 0.2) is 78.9 Å². The van der Waals surface area contributed by atoms with E-state index >= 15 is 0 Å². The number of carbonyl (C=O) groups excluding carboxylic acids is 3. The average Bonchev–Trinajstić information content (AvgIpc) is 2.84. The highest BCUT2D eigenvalue weighted by Gasteiger charge is 2.11. The largest absolute Gasteiger partial charge is 0.376 e. The van der Waals surface area contributed by atoms with Gasteiger partial charge in [0.15, 0.2) is 0 Å². The zero-order valence-corrected chi connectivity index (χ0v) is 20.3. The van der Waals surface area contributed by atoms with Gasteiger partial charge in [-0.1, -0.05) is 44.2 Å². The molecule has 0 bridgehead atoms. The van der Waals surface area contributed by atoms with Crippen molar-refractivity contribution in [1.29, 1.82) is 0 Å². The van der Waals surface area contributed by atoms with Crippen LogP contribution < -0.4 is 21.3 Å². The molecule has 35 heavy (non-hydrogen) atoms. The van der Waals surface area contributed by atoms with Gasteiger partial charge in [-0.3, -0.25) is 14.4 Å². The molecule has 0 saturated heterocycles. The van der Waals surface area contributed by atoms with Gasteiger partial charge in [-0.05, 0) is 66.9 Å². The molecule has 0 heterocycles. The molecule has 7 nitrogen and oxygen atoms in total. The van der Waals surface area contributed by atoms with Crippen LogP contribution >= 0.6 is 0 Å². The van der Waals surface area contributed by atoms with Crippen LogP contribution in [-0.4, -0.2) is 24.3 Å². The number of hydrogen-bond acceptors (Lipinski definition) is 4. The number of rotatable bonds is 10. The van der Waals surface area contributed by atoms with E-state index in [2.05, 4.69) is 21.3 Å². The summed E-state index contributed by atoms with van der Waals surface area (Å²) in [6.07, 6.45) is 0.461. The molecular formula is C28H32N4O3. The molecule has 3 aromatic rings. The Morgan fingerprint density at radius 1 is 0.686 bits per heavy atom. The van der Waals surface area contributed by atoms with E-state index in [1.165, 1.54) is 0 Å². The van der Waals surface area contributed by atoms with Gasteiger partial charge in [-0.25, -0.2) is 0 Å². The molecule has 0 aliphatic heterocycles. The van der Waals surface area contributed by atoms with Crippen molar-refractivity contribution in [3.63, 3.8) is 0 Å². The van der Waals surface area contributed by atoms with Crippen LogP contribution in [0.5, 0.6) is 0 Å². The second-order valence-electron chi connectivity index (χ2n) is 8.81. The molecule has 1 unspecified atom stereocenters. The van der Waals surface area contributed by atoms with E-state index < -0.39 is 0 Å². The predicted octanol–water partition coefficient (Wildman–Crippen LogP) is 5.21. The number of benzene rings is 3. The molecule has 7 heteroatoms. The Labute approximate surface area is 206 Å². The Kier molecular flexibility index (Phi) is 9.01. The first kappa shape index (κ1) is 25.5. The predicted molar refractivity (Wildman–Crippen MR) is 140 cm³/mol. The summed E-state index contributed by atoms with van der Waals surface area (Å²) >= 11 is 0. The first-order chi connectivity index (χ1) is 16.8. The maximum Gasteiger partial charge on any atom is 0.251 e. The van der Waals surface area contributed by atoms with Crippen LogP contribution in [0.4, 0.5) is 17.1 Å². The van der Waals surface area contributed by atoms with Crippen LogP contribution in [0.3, 0.4) is 0 Å². The summed E-state index contributed by atoms with van der Waals surface area (Å²) in [6, 6.07) is 23.6. The summed E-state index contributed by atoms with van der Waals surface area (Å²) < 4.78 is 0. The Balaban J connectivity index is 1.44. The highest BCUT2D eigenvalue weighted by atomic mass is 16.2. The second-order valence-corrected chi connectivity index (χ2v) is 8.81. The Hall–Kier alpha value is -4.13. The normalized spacial score (nSPS) is 11.4. The molecule has 182 valence electrons. The van der Waals surface area contributed by atoms with Crippen molar-refractivity contribution in [3.8, 4) is 0 Å². The van der Waals surface area contributed by atoms with Gasteiger partial charge in [0, 0.05) is 29.0 Å². The van der Waals surface area contributed by atoms with Crippen molar-refractivity contribution in [2.24, 2.45) is 5.92 Å². The van der Waals surface area contributed by atoms with Gasteiger partial charge in [0.2, 0.25) is 11.8 Å². The smallest absolute Gasteiger partial charge is 0.251 e. The Bertz CT molecular complexity index is 1130. The third kappa shape index (κ3) is 8.30. The molecule has 0 saturated carbocycles. The van der Waals surface area contributed by atoms with Gasteiger partial charge in [0.1, 0.15) is 0 Å². The van der Waals surface area contributed by atoms with Crippen LogP contribution in [0.1, 0.15) is 49.2 Å². The molecule has 3 aromatic carbocycles. The standard InChI is InChI=1S/C28H32N4O3/c1-19(2)17-26(33)31-24-13-15-25(16-14-24)32-27(34)18-29-23-11-9-22(10-12-23)28(35)30-20(3)21-7-5-4-6-8-21/h4-16,19-20,29H,17-18H2,1-3H3,(H,30,35)(H,31,33)(H,32,34). The summed E-state index contributed by atoms with van der Waals surface area (Å²) in [5, 5.41) is 11.7. The minimum Gasteiger partial charge on any atom is -0.376 e. The third-order valence-corrected chi connectivity index (χ3v) is 5.29. The molecule has 0 radical (unpaired) electrons. The molecule has 3 rings (SSSR count). The molecule has 0 fully saturated rings. The molecule has 4 N–H and O–H groups in total. The maximum atomic E-state index is 12.5. The Morgan fingerprint density at radius 3 is 1.80 bits per heavy atom. The highest BCUT2D eigenvalue weighted by molar-refractivity contribution is 5.96. The lowest BCUT2D eigenvalue weighted by molar-refractivity contribution is -0.117. The van der Waals surface area contributed by atoms with E-state index in [1.807, 2.05) is 51.1 Å². The van der Waals surface area contributed by atoms with Crippen molar-refractivity contribution in [2.45, 2.75) is 33.2 Å². The quantitative estimate of drug-likeness (QED) is 0.325. The molecule has 0 spiro atoms. The van der Waals surface area contributed by atoms with Gasteiger partial charge >= 0.3 is 0 Å². The summed E-state index contributed by atoms with van der Waals surface area (Å²) in [4.78, 5) is 36.7. The number of carbonyl (C=O) groups is 3. The molecule has 3 amide bonds. The van der Waals surface area contributed by atoms with E-state index in [0.29, 0.717) is 23.4 Å². The number of nitrogens with one attached hydrogen (secondary N) is 4. The van der Waals surface area contributed by atoms with Crippen LogP contribution in [0, 0.1) is 5.92 Å². The fraction of sp³-hybridized carbons (Fsp3) is 0.250. The fourth-order valence-corrected chi connectivity index (χ4v) is 3.45. The first-order valence-corrected chi connectivity index (χ1v) is 11.7. The molecule has 1 atom stereocenters. The van der Waals surface area contributed by atoms with E-state index in [0.717, 1.165) is 11.3 Å². The average molecular weight is 473 g/mol. The van der Waals surface area contributed by atoms with E-state index in [9.17, 15) is 14.4 Å². The lowest BCUT2D eigenvalue weighted by atomic mass is 10.1. The second kappa shape index (κ2) is 12.4. The van der Waals surface area contributed by atoms with E-state index in [1.54, 1.807) is 48.5 Å². The number of amides is 3. The van der Waals surface area contributed by atoms with Gasteiger partial charge in [0.05, 0.1) is 12.6 Å². The van der Waals surface area contributed by atoms with E-state index in [4.69, 9.17) is 0 Å². The van der Waals surface area contributed by atoms with Crippen molar-refractivity contribution >= 4 is 34.8 Å². The Morgan fingerprint density at radius 2 is 1.23 bits per heavy atom. The van der Waals surface area contributed by atoms with Crippen molar-refractivity contribution < 1.29 is 14.4 Å². The van der Waals surface area contributed by atoms with E-state index in [-0.39, 0.29) is 36.2 Å². The van der Waals surface area contributed by atoms with Gasteiger partial charge < -0.3 is 21.3 Å². The summed E-state index contributed by atoms with van der Waals surface area (Å²) in [6.45, 7) is 6.00. The zero-order chi connectivity index (χ0) is 25.2. The lowest BCUT2D eigenvalue weighted by Gasteiger charge is -2.14. The molecule has 0 aliphatic rings. The molecule has 0 aromatic heterocycles. The molecule has 0 aliphatic carbocycles. The minimum atomic E-state index is -0.208. The molecular weight excluding hydrogens is 440 g/mol.